The maximum atomic E-state index is 12.2. The molecule has 0 heterocycles. The highest BCUT2D eigenvalue weighted by atomic mass is 16.4. The van der Waals surface area contributed by atoms with Crippen LogP contribution >= 0.6 is 0 Å². The fourth-order valence-electron chi connectivity index (χ4n) is 3.05. The van der Waals surface area contributed by atoms with Gasteiger partial charge in [0.15, 0.2) is 0 Å². The number of terminal acetylenes is 1. The van der Waals surface area contributed by atoms with E-state index < -0.39 is 5.97 Å². The second-order valence-corrected chi connectivity index (χ2v) is 5.92. The third kappa shape index (κ3) is 5.66. The summed E-state index contributed by atoms with van der Waals surface area (Å²) in [6, 6.07) is -0.190. The van der Waals surface area contributed by atoms with Gasteiger partial charge in [-0.1, -0.05) is 32.1 Å². The number of nitrogens with one attached hydrogen (secondary N) is 1. The van der Waals surface area contributed by atoms with E-state index in [1.165, 1.54) is 0 Å². The largest absolute Gasteiger partial charge is 0.481 e. The number of carbonyl (C=O) groups excluding carboxylic acids is 1. The van der Waals surface area contributed by atoms with Crippen LogP contribution in [-0.4, -0.2) is 41.6 Å². The van der Waals surface area contributed by atoms with E-state index in [4.69, 9.17) is 11.5 Å². The number of rotatable bonds is 7. The van der Waals surface area contributed by atoms with E-state index in [1.807, 2.05) is 6.92 Å². The van der Waals surface area contributed by atoms with Crippen LogP contribution in [0.25, 0.3) is 0 Å². The lowest BCUT2D eigenvalue weighted by Crippen LogP contribution is -2.46. The average molecular weight is 294 g/mol. The van der Waals surface area contributed by atoms with Gasteiger partial charge in [-0.05, 0) is 24.7 Å². The molecule has 0 atom stereocenters. The molecule has 0 aromatic heterocycles. The number of urea groups is 1. The van der Waals surface area contributed by atoms with E-state index >= 15 is 0 Å². The van der Waals surface area contributed by atoms with E-state index in [0.29, 0.717) is 13.1 Å². The molecule has 2 amide bonds. The van der Waals surface area contributed by atoms with Crippen molar-refractivity contribution in [2.75, 3.05) is 19.6 Å². The van der Waals surface area contributed by atoms with Crippen LogP contribution in [-0.2, 0) is 4.79 Å². The molecular formula is C16H26N2O3. The quantitative estimate of drug-likeness (QED) is 0.709. The van der Waals surface area contributed by atoms with Crippen molar-refractivity contribution in [1.82, 2.24) is 10.2 Å². The lowest BCUT2D eigenvalue weighted by molar-refractivity contribution is -0.140. The minimum atomic E-state index is -0.791. The van der Waals surface area contributed by atoms with Gasteiger partial charge < -0.3 is 15.3 Å². The Morgan fingerprint density at radius 1 is 1.33 bits per heavy atom. The first-order chi connectivity index (χ1) is 10.0. The van der Waals surface area contributed by atoms with Gasteiger partial charge in [-0.3, -0.25) is 4.79 Å². The third-order valence-electron chi connectivity index (χ3n) is 4.12. The topological polar surface area (TPSA) is 69.6 Å². The van der Waals surface area contributed by atoms with E-state index in [0.717, 1.165) is 38.5 Å². The molecule has 2 N–H and O–H groups in total. The Labute approximate surface area is 127 Å². The van der Waals surface area contributed by atoms with Gasteiger partial charge in [0.1, 0.15) is 0 Å². The molecule has 0 radical (unpaired) electrons. The first kappa shape index (κ1) is 17.4. The molecule has 118 valence electrons. The number of nitrogens with zero attached hydrogens (tertiary/aromatic N) is 1. The standard InChI is InChI=1S/C16H26N2O3/c1-3-10-18(11-4-2)15(21)17-13-16(12-14(19)20)8-6-5-7-9-16/h1H,4-13H2,2H3,(H,17,21)(H,19,20). The first-order valence-corrected chi connectivity index (χ1v) is 7.71. The van der Waals surface area contributed by atoms with Crippen LogP contribution in [0.4, 0.5) is 4.79 Å². The molecule has 0 unspecified atom stereocenters. The Bertz CT molecular complexity index is 395. The van der Waals surface area contributed by atoms with Crippen molar-refractivity contribution in [3.8, 4) is 12.3 Å². The minimum absolute atomic E-state index is 0.121. The van der Waals surface area contributed by atoms with Gasteiger partial charge in [0.25, 0.3) is 0 Å². The van der Waals surface area contributed by atoms with Gasteiger partial charge in [0, 0.05) is 13.1 Å². The van der Waals surface area contributed by atoms with Gasteiger partial charge in [-0.15, -0.1) is 6.42 Å². The van der Waals surface area contributed by atoms with E-state index in [-0.39, 0.29) is 24.4 Å². The molecule has 1 rings (SSSR count). The second-order valence-electron chi connectivity index (χ2n) is 5.92. The Morgan fingerprint density at radius 3 is 2.52 bits per heavy atom. The molecule has 1 aliphatic rings. The Morgan fingerprint density at radius 2 is 2.00 bits per heavy atom. The number of aliphatic carboxylic acids is 1. The van der Waals surface area contributed by atoms with Crippen LogP contribution in [0.2, 0.25) is 0 Å². The van der Waals surface area contributed by atoms with Crippen LogP contribution in [0, 0.1) is 17.8 Å². The zero-order chi connectivity index (χ0) is 15.7. The lowest BCUT2D eigenvalue weighted by atomic mass is 9.72. The summed E-state index contributed by atoms with van der Waals surface area (Å²) < 4.78 is 0. The number of carboxylic acid groups (broad SMARTS) is 1. The molecule has 0 aromatic rings. The van der Waals surface area contributed by atoms with E-state index in [2.05, 4.69) is 11.2 Å². The SMILES string of the molecule is C#CCN(CCC)C(=O)NCC1(CC(=O)O)CCCCC1. The molecule has 5 nitrogen and oxygen atoms in total. The summed E-state index contributed by atoms with van der Waals surface area (Å²) >= 11 is 0. The summed E-state index contributed by atoms with van der Waals surface area (Å²) in [4.78, 5) is 24.9. The highest BCUT2D eigenvalue weighted by Gasteiger charge is 2.35. The molecule has 0 spiro atoms. The average Bonchev–Trinajstić information content (AvgIpc) is 2.45. The lowest BCUT2D eigenvalue weighted by Gasteiger charge is -2.36. The fourth-order valence-corrected chi connectivity index (χ4v) is 3.05. The van der Waals surface area contributed by atoms with Crippen LogP contribution in [0.3, 0.4) is 0 Å². The van der Waals surface area contributed by atoms with Gasteiger partial charge in [0.05, 0.1) is 13.0 Å². The maximum Gasteiger partial charge on any atom is 0.318 e. The zero-order valence-electron chi connectivity index (χ0n) is 12.9. The van der Waals surface area contributed by atoms with Crippen LogP contribution in [0.1, 0.15) is 51.9 Å². The van der Waals surface area contributed by atoms with E-state index in [9.17, 15) is 9.59 Å². The van der Waals surface area contributed by atoms with Crippen molar-refractivity contribution in [2.24, 2.45) is 5.41 Å². The Kier molecular flexibility index (Phi) is 7.07. The predicted molar refractivity (Wildman–Crippen MR) is 81.9 cm³/mol. The van der Waals surface area contributed by atoms with Crippen molar-refractivity contribution in [2.45, 2.75) is 51.9 Å². The highest BCUT2D eigenvalue weighted by molar-refractivity contribution is 5.74. The Hall–Kier alpha value is -1.70. The molecule has 0 bridgehead atoms. The smallest absolute Gasteiger partial charge is 0.318 e. The van der Waals surface area contributed by atoms with Crippen LogP contribution < -0.4 is 5.32 Å². The van der Waals surface area contributed by atoms with Crippen molar-refractivity contribution >= 4 is 12.0 Å². The first-order valence-electron chi connectivity index (χ1n) is 7.71. The van der Waals surface area contributed by atoms with E-state index in [1.54, 1.807) is 4.90 Å². The number of hydrogen-bond donors (Lipinski definition) is 2. The number of hydrogen-bond acceptors (Lipinski definition) is 2. The molecule has 0 aliphatic heterocycles. The van der Waals surface area contributed by atoms with Gasteiger partial charge in [-0.25, -0.2) is 4.79 Å². The molecular weight excluding hydrogens is 268 g/mol. The van der Waals surface area contributed by atoms with Gasteiger partial charge in [0.2, 0.25) is 0 Å². The summed E-state index contributed by atoms with van der Waals surface area (Å²) in [6.07, 6.45) is 11.2. The zero-order valence-corrected chi connectivity index (χ0v) is 12.9. The molecule has 1 aliphatic carbocycles. The fraction of sp³-hybridized carbons (Fsp3) is 0.750. The summed E-state index contributed by atoms with van der Waals surface area (Å²) in [5, 5.41) is 12.0. The predicted octanol–water partition coefficient (Wildman–Crippen LogP) is 2.47. The van der Waals surface area contributed by atoms with Crippen LogP contribution in [0.15, 0.2) is 0 Å². The molecule has 21 heavy (non-hydrogen) atoms. The summed E-state index contributed by atoms with van der Waals surface area (Å²) in [5.41, 5.74) is -0.298. The van der Waals surface area contributed by atoms with Crippen LogP contribution in [0.5, 0.6) is 0 Å². The minimum Gasteiger partial charge on any atom is -0.481 e. The molecule has 0 aromatic carbocycles. The van der Waals surface area contributed by atoms with Gasteiger partial charge >= 0.3 is 12.0 Å². The summed E-state index contributed by atoms with van der Waals surface area (Å²) in [6.45, 7) is 3.31. The number of carboxylic acids is 1. The van der Waals surface area contributed by atoms with Gasteiger partial charge in [-0.2, -0.15) is 0 Å². The molecule has 0 saturated heterocycles. The second kappa shape index (κ2) is 8.56. The van der Waals surface area contributed by atoms with Crippen molar-refractivity contribution in [3.63, 3.8) is 0 Å². The highest BCUT2D eigenvalue weighted by Crippen LogP contribution is 2.38. The maximum absolute atomic E-state index is 12.2. The van der Waals surface area contributed by atoms with Crippen molar-refractivity contribution in [1.29, 1.82) is 0 Å². The van der Waals surface area contributed by atoms with Crippen molar-refractivity contribution in [3.05, 3.63) is 0 Å². The number of carbonyl (C=O) groups is 2. The summed E-state index contributed by atoms with van der Waals surface area (Å²) in [7, 11) is 0. The summed E-state index contributed by atoms with van der Waals surface area (Å²) in [5.74, 6) is 1.69. The molecule has 1 saturated carbocycles. The Balaban J connectivity index is 2.61. The number of amides is 2. The molecule has 5 heteroatoms. The molecule has 1 fully saturated rings. The normalized spacial score (nSPS) is 16.8. The monoisotopic (exact) mass is 294 g/mol. The van der Waals surface area contributed by atoms with Crippen molar-refractivity contribution < 1.29 is 14.7 Å². The third-order valence-corrected chi connectivity index (χ3v) is 4.12.